The second kappa shape index (κ2) is 8.48. The van der Waals surface area contributed by atoms with Gasteiger partial charge >= 0.3 is 0 Å². The van der Waals surface area contributed by atoms with E-state index in [0.29, 0.717) is 23.6 Å². The number of hydrogen-bond acceptors (Lipinski definition) is 4. The van der Waals surface area contributed by atoms with Gasteiger partial charge in [-0.2, -0.15) is 0 Å². The summed E-state index contributed by atoms with van der Waals surface area (Å²) in [5.74, 6) is 1.04. The number of benzene rings is 2. The largest absolute Gasteiger partial charge is 0.494 e. The van der Waals surface area contributed by atoms with E-state index in [9.17, 15) is 4.79 Å². The summed E-state index contributed by atoms with van der Waals surface area (Å²) in [7, 11) is 0. The van der Waals surface area contributed by atoms with Gasteiger partial charge in [0.2, 0.25) is 0 Å². The number of fused-ring (bicyclic) bond motifs is 1. The van der Waals surface area contributed by atoms with Crippen molar-refractivity contribution in [3.63, 3.8) is 0 Å². The second-order valence-corrected chi connectivity index (χ2v) is 6.39. The van der Waals surface area contributed by atoms with Crippen LogP contribution in [-0.4, -0.2) is 21.9 Å². The predicted molar refractivity (Wildman–Crippen MR) is 112 cm³/mol. The molecule has 1 N–H and O–H groups in total. The van der Waals surface area contributed by atoms with Gasteiger partial charge in [-0.1, -0.05) is 18.2 Å². The fraction of sp³-hybridized carbons (Fsp3) is 0.130. The molecule has 2 heterocycles. The molecule has 146 valence electrons. The molecule has 6 nitrogen and oxygen atoms in total. The van der Waals surface area contributed by atoms with Gasteiger partial charge in [-0.15, -0.1) is 0 Å². The first-order valence-electron chi connectivity index (χ1n) is 9.41. The second-order valence-electron chi connectivity index (χ2n) is 6.39. The van der Waals surface area contributed by atoms with Crippen LogP contribution >= 0.6 is 0 Å². The minimum absolute atomic E-state index is 0.236. The van der Waals surface area contributed by atoms with Gasteiger partial charge in [0, 0.05) is 18.1 Å². The molecule has 0 fully saturated rings. The summed E-state index contributed by atoms with van der Waals surface area (Å²) in [6.07, 6.45) is 3.85. The zero-order valence-corrected chi connectivity index (χ0v) is 16.0. The molecule has 4 rings (SSSR count). The molecule has 2 aromatic carbocycles. The highest BCUT2D eigenvalue weighted by Crippen LogP contribution is 2.22. The molecule has 0 saturated carbocycles. The van der Waals surface area contributed by atoms with E-state index in [2.05, 4.69) is 10.3 Å². The lowest BCUT2D eigenvalue weighted by atomic mass is 10.2. The highest BCUT2D eigenvalue weighted by molar-refractivity contribution is 6.06. The number of pyridine rings is 1. The number of carbonyl (C=O) groups excluding carboxylic acids is 1. The van der Waals surface area contributed by atoms with Crippen molar-refractivity contribution in [1.29, 1.82) is 0 Å². The van der Waals surface area contributed by atoms with Crippen molar-refractivity contribution in [2.75, 3.05) is 11.9 Å². The van der Waals surface area contributed by atoms with Crippen molar-refractivity contribution in [1.82, 2.24) is 9.38 Å². The van der Waals surface area contributed by atoms with Crippen LogP contribution in [0, 0.1) is 0 Å². The molecular weight excluding hydrogens is 366 g/mol. The maximum atomic E-state index is 12.8. The van der Waals surface area contributed by atoms with Gasteiger partial charge in [0.25, 0.3) is 5.91 Å². The van der Waals surface area contributed by atoms with E-state index in [-0.39, 0.29) is 12.5 Å². The summed E-state index contributed by atoms with van der Waals surface area (Å²) < 4.78 is 13.3. The van der Waals surface area contributed by atoms with Crippen molar-refractivity contribution < 1.29 is 14.3 Å². The van der Waals surface area contributed by atoms with Crippen LogP contribution in [-0.2, 0) is 6.61 Å². The molecular formula is C23H21N3O3. The molecule has 0 radical (unpaired) electrons. The summed E-state index contributed by atoms with van der Waals surface area (Å²) in [6, 6.07) is 20.3. The first kappa shape index (κ1) is 18.6. The van der Waals surface area contributed by atoms with E-state index in [1.165, 1.54) is 0 Å². The number of aromatic nitrogens is 2. The van der Waals surface area contributed by atoms with Crippen molar-refractivity contribution >= 4 is 17.2 Å². The van der Waals surface area contributed by atoms with Gasteiger partial charge in [0.15, 0.2) is 0 Å². The summed E-state index contributed by atoms with van der Waals surface area (Å²) in [5, 5.41) is 2.89. The van der Waals surface area contributed by atoms with Crippen LogP contribution in [0.25, 0.3) is 5.65 Å². The molecule has 0 aliphatic rings. The predicted octanol–water partition coefficient (Wildman–Crippen LogP) is 4.56. The minimum atomic E-state index is -0.236. The fourth-order valence-electron chi connectivity index (χ4n) is 2.99. The molecule has 1 amide bonds. The van der Waals surface area contributed by atoms with Crippen LogP contribution in [0.3, 0.4) is 0 Å². The van der Waals surface area contributed by atoms with Crippen LogP contribution in [0.4, 0.5) is 5.69 Å². The number of anilines is 1. The van der Waals surface area contributed by atoms with E-state index >= 15 is 0 Å². The lowest BCUT2D eigenvalue weighted by Crippen LogP contribution is -2.13. The third-order valence-corrected chi connectivity index (χ3v) is 4.34. The van der Waals surface area contributed by atoms with Gasteiger partial charge in [-0.05, 0) is 55.5 Å². The first-order chi connectivity index (χ1) is 14.2. The quantitative estimate of drug-likeness (QED) is 0.505. The van der Waals surface area contributed by atoms with Crippen LogP contribution < -0.4 is 14.8 Å². The molecule has 0 spiro atoms. The molecule has 0 atom stereocenters. The number of para-hydroxylation sites is 1. The number of imidazole rings is 1. The number of hydrogen-bond donors (Lipinski definition) is 1. The van der Waals surface area contributed by atoms with Gasteiger partial charge in [0.1, 0.15) is 23.8 Å². The molecule has 2 aromatic heterocycles. The highest BCUT2D eigenvalue weighted by atomic mass is 16.5. The van der Waals surface area contributed by atoms with Crippen molar-refractivity contribution in [3.8, 4) is 11.5 Å². The van der Waals surface area contributed by atoms with E-state index in [4.69, 9.17) is 9.47 Å². The number of nitrogens with one attached hydrogen (secondary N) is 1. The third kappa shape index (κ3) is 4.38. The molecule has 6 heteroatoms. The van der Waals surface area contributed by atoms with Gasteiger partial charge < -0.3 is 19.2 Å². The van der Waals surface area contributed by atoms with Gasteiger partial charge in [0.05, 0.1) is 17.9 Å². The Morgan fingerprint density at radius 2 is 1.79 bits per heavy atom. The van der Waals surface area contributed by atoms with Crippen molar-refractivity contribution in [2.45, 2.75) is 13.5 Å². The maximum absolute atomic E-state index is 12.8. The minimum Gasteiger partial charge on any atom is -0.494 e. The normalized spacial score (nSPS) is 10.7. The summed E-state index contributed by atoms with van der Waals surface area (Å²) in [4.78, 5) is 17.3. The fourth-order valence-corrected chi connectivity index (χ4v) is 2.99. The Bertz CT molecular complexity index is 1090. The smallest absolute Gasteiger partial charge is 0.259 e. The SMILES string of the molecule is CCOc1ccc(NC(=O)c2ccccc2OCc2cn3ccccc3n2)cc1. The number of rotatable bonds is 7. The number of nitrogens with zero attached hydrogens (tertiary/aromatic N) is 2. The third-order valence-electron chi connectivity index (χ3n) is 4.34. The molecule has 4 aromatic rings. The lowest BCUT2D eigenvalue weighted by Gasteiger charge is -2.11. The van der Waals surface area contributed by atoms with E-state index < -0.39 is 0 Å². The Morgan fingerprint density at radius 3 is 2.59 bits per heavy atom. The Balaban J connectivity index is 1.46. The molecule has 0 bridgehead atoms. The molecule has 0 aliphatic heterocycles. The van der Waals surface area contributed by atoms with Crippen LogP contribution in [0.5, 0.6) is 11.5 Å². The van der Waals surface area contributed by atoms with Crippen molar-refractivity contribution in [3.05, 3.63) is 90.4 Å². The monoisotopic (exact) mass is 387 g/mol. The highest BCUT2D eigenvalue weighted by Gasteiger charge is 2.13. The van der Waals surface area contributed by atoms with Crippen LogP contribution in [0.1, 0.15) is 23.0 Å². The Hall–Kier alpha value is -3.80. The van der Waals surface area contributed by atoms with Crippen LogP contribution in [0.2, 0.25) is 0 Å². The number of amides is 1. The zero-order valence-electron chi connectivity index (χ0n) is 16.0. The summed E-state index contributed by atoms with van der Waals surface area (Å²) >= 11 is 0. The summed E-state index contributed by atoms with van der Waals surface area (Å²) in [6.45, 7) is 2.80. The molecule has 0 unspecified atom stereocenters. The maximum Gasteiger partial charge on any atom is 0.259 e. The zero-order chi connectivity index (χ0) is 20.1. The Kier molecular flexibility index (Phi) is 5.42. The van der Waals surface area contributed by atoms with Crippen molar-refractivity contribution in [2.24, 2.45) is 0 Å². The lowest BCUT2D eigenvalue weighted by molar-refractivity contribution is 0.102. The van der Waals surface area contributed by atoms with Crippen LogP contribution in [0.15, 0.2) is 79.1 Å². The average molecular weight is 387 g/mol. The standard InChI is InChI=1S/C23H21N3O3/c1-2-28-19-12-10-17(11-13-19)25-23(27)20-7-3-4-8-21(20)29-16-18-15-26-14-6-5-9-22(26)24-18/h3-15H,2,16H2,1H3,(H,25,27). The Labute approximate surface area is 168 Å². The van der Waals surface area contributed by atoms with E-state index in [0.717, 1.165) is 17.1 Å². The van der Waals surface area contributed by atoms with E-state index in [1.54, 1.807) is 12.1 Å². The molecule has 0 saturated heterocycles. The Morgan fingerprint density at radius 1 is 1.00 bits per heavy atom. The van der Waals surface area contributed by atoms with Gasteiger partial charge in [-0.3, -0.25) is 4.79 Å². The van der Waals surface area contributed by atoms with E-state index in [1.807, 2.05) is 78.3 Å². The van der Waals surface area contributed by atoms with Gasteiger partial charge in [-0.25, -0.2) is 4.98 Å². The summed E-state index contributed by atoms with van der Waals surface area (Å²) in [5.41, 5.74) is 2.80. The average Bonchev–Trinajstić information content (AvgIpc) is 3.17. The first-order valence-corrected chi connectivity index (χ1v) is 9.41. The number of ether oxygens (including phenoxy) is 2. The topological polar surface area (TPSA) is 64.9 Å². The molecule has 0 aliphatic carbocycles. The molecule has 29 heavy (non-hydrogen) atoms. The number of carbonyl (C=O) groups is 1.